The zero-order valence-electron chi connectivity index (χ0n) is 18.8. The number of rotatable bonds is 5. The van der Waals surface area contributed by atoms with Crippen LogP contribution in [0.1, 0.15) is 50.5 Å². The molecular formula is C25H34N4O3. The molecule has 0 radical (unpaired) electrons. The van der Waals surface area contributed by atoms with Crippen LogP contribution in [0.3, 0.4) is 0 Å². The molecule has 1 N–H and O–H groups in total. The molecular weight excluding hydrogens is 404 g/mol. The van der Waals surface area contributed by atoms with Gasteiger partial charge in [0.2, 0.25) is 5.91 Å². The maximum absolute atomic E-state index is 13.5. The van der Waals surface area contributed by atoms with Crippen molar-refractivity contribution in [2.75, 3.05) is 32.7 Å². The highest BCUT2D eigenvalue weighted by atomic mass is 16.2. The largest absolute Gasteiger partial charge is 0.340 e. The Labute approximate surface area is 190 Å². The van der Waals surface area contributed by atoms with Gasteiger partial charge in [-0.1, -0.05) is 36.8 Å². The van der Waals surface area contributed by atoms with E-state index >= 15 is 0 Å². The Hall–Kier alpha value is -2.41. The Balaban J connectivity index is 1.18. The van der Waals surface area contributed by atoms with Gasteiger partial charge in [0.25, 0.3) is 5.91 Å². The van der Waals surface area contributed by atoms with Crippen molar-refractivity contribution in [3.8, 4) is 0 Å². The van der Waals surface area contributed by atoms with E-state index in [-0.39, 0.29) is 29.8 Å². The van der Waals surface area contributed by atoms with Gasteiger partial charge in [0.15, 0.2) is 0 Å². The van der Waals surface area contributed by atoms with Gasteiger partial charge in [-0.3, -0.25) is 14.5 Å². The SMILES string of the molecule is O=C(C1CCC1)N1CCC[C@H](N2C(=O)NC3(CCN(CCc4ccccc4)CC3)C2=O)C1. The molecule has 0 bridgehead atoms. The minimum atomic E-state index is -0.763. The molecule has 1 aromatic carbocycles. The third kappa shape index (κ3) is 4.03. The third-order valence-electron chi connectivity index (χ3n) is 7.99. The Kier molecular flexibility index (Phi) is 5.93. The molecule has 5 rings (SSSR count). The molecule has 1 atom stereocenters. The van der Waals surface area contributed by atoms with Crippen LogP contribution in [-0.2, 0) is 16.0 Å². The number of piperidine rings is 2. The van der Waals surface area contributed by atoms with Crippen molar-refractivity contribution in [2.24, 2.45) is 5.92 Å². The van der Waals surface area contributed by atoms with Crippen molar-refractivity contribution < 1.29 is 14.4 Å². The minimum absolute atomic E-state index is 0.0758. The van der Waals surface area contributed by atoms with Gasteiger partial charge in [0, 0.05) is 38.6 Å². The molecule has 1 spiro atoms. The average Bonchev–Trinajstić information content (AvgIpc) is 3.02. The number of imide groups is 1. The fourth-order valence-electron chi connectivity index (χ4n) is 5.68. The number of hydrogen-bond acceptors (Lipinski definition) is 4. The highest BCUT2D eigenvalue weighted by molar-refractivity contribution is 6.07. The minimum Gasteiger partial charge on any atom is -0.340 e. The second-order valence-electron chi connectivity index (χ2n) is 9.97. The van der Waals surface area contributed by atoms with Crippen LogP contribution >= 0.6 is 0 Å². The Bertz CT molecular complexity index is 861. The van der Waals surface area contributed by atoms with Crippen LogP contribution in [-0.4, -0.2) is 76.8 Å². The number of nitrogens with zero attached hydrogens (tertiary/aromatic N) is 3. The van der Waals surface area contributed by atoms with Crippen LogP contribution in [0.4, 0.5) is 4.79 Å². The van der Waals surface area contributed by atoms with Gasteiger partial charge in [-0.15, -0.1) is 0 Å². The lowest BCUT2D eigenvalue weighted by Crippen LogP contribution is -2.57. The van der Waals surface area contributed by atoms with Gasteiger partial charge in [0.1, 0.15) is 5.54 Å². The summed E-state index contributed by atoms with van der Waals surface area (Å²) in [5.41, 5.74) is 0.558. The number of amides is 4. The van der Waals surface area contributed by atoms with E-state index in [0.29, 0.717) is 19.4 Å². The zero-order valence-corrected chi connectivity index (χ0v) is 18.8. The summed E-state index contributed by atoms with van der Waals surface area (Å²) in [6, 6.07) is 9.98. The highest BCUT2D eigenvalue weighted by Gasteiger charge is 2.54. The summed E-state index contributed by atoms with van der Waals surface area (Å²) in [5, 5.41) is 3.06. The van der Waals surface area contributed by atoms with E-state index in [1.165, 1.54) is 10.5 Å². The number of carbonyl (C=O) groups excluding carboxylic acids is 3. The summed E-state index contributed by atoms with van der Waals surface area (Å²) in [7, 11) is 0. The average molecular weight is 439 g/mol. The van der Waals surface area contributed by atoms with Gasteiger partial charge < -0.3 is 15.1 Å². The van der Waals surface area contributed by atoms with Gasteiger partial charge in [-0.05, 0) is 50.5 Å². The van der Waals surface area contributed by atoms with E-state index in [1.807, 2.05) is 11.0 Å². The number of urea groups is 1. The second kappa shape index (κ2) is 8.85. The first kappa shape index (κ1) is 21.4. The topological polar surface area (TPSA) is 73.0 Å². The number of benzene rings is 1. The molecule has 4 amide bonds. The third-order valence-corrected chi connectivity index (χ3v) is 7.99. The predicted octanol–water partition coefficient (Wildman–Crippen LogP) is 2.41. The van der Waals surface area contributed by atoms with E-state index in [2.05, 4.69) is 34.5 Å². The van der Waals surface area contributed by atoms with Crippen LogP contribution in [0, 0.1) is 5.92 Å². The van der Waals surface area contributed by atoms with Crippen LogP contribution in [0.5, 0.6) is 0 Å². The molecule has 1 aliphatic carbocycles. The number of carbonyl (C=O) groups is 3. The van der Waals surface area contributed by atoms with Gasteiger partial charge in [-0.25, -0.2) is 4.79 Å². The van der Waals surface area contributed by atoms with Crippen LogP contribution in [0.2, 0.25) is 0 Å². The molecule has 0 aromatic heterocycles. The van der Waals surface area contributed by atoms with E-state index in [9.17, 15) is 14.4 Å². The molecule has 1 aromatic rings. The highest BCUT2D eigenvalue weighted by Crippen LogP contribution is 2.34. The second-order valence-corrected chi connectivity index (χ2v) is 9.97. The lowest BCUT2D eigenvalue weighted by atomic mass is 9.83. The summed E-state index contributed by atoms with van der Waals surface area (Å²) in [4.78, 5) is 44.8. The number of hydrogen-bond donors (Lipinski definition) is 1. The molecule has 4 aliphatic rings. The van der Waals surface area contributed by atoms with Crippen molar-refractivity contribution >= 4 is 17.8 Å². The molecule has 1 saturated carbocycles. The molecule has 3 heterocycles. The summed E-state index contributed by atoms with van der Waals surface area (Å²) in [6.07, 6.45) is 7.02. The lowest BCUT2D eigenvalue weighted by Gasteiger charge is -2.40. The summed E-state index contributed by atoms with van der Waals surface area (Å²) in [6.45, 7) is 3.82. The zero-order chi connectivity index (χ0) is 22.1. The van der Waals surface area contributed by atoms with Gasteiger partial charge in [-0.2, -0.15) is 0 Å². The summed E-state index contributed by atoms with van der Waals surface area (Å²) in [5.74, 6) is 0.297. The number of likely N-dealkylation sites (tertiary alicyclic amines) is 2. The van der Waals surface area contributed by atoms with Crippen LogP contribution in [0.15, 0.2) is 30.3 Å². The van der Waals surface area contributed by atoms with Crippen molar-refractivity contribution in [3.63, 3.8) is 0 Å². The van der Waals surface area contributed by atoms with Gasteiger partial charge >= 0.3 is 6.03 Å². The van der Waals surface area contributed by atoms with E-state index < -0.39 is 5.54 Å². The van der Waals surface area contributed by atoms with Crippen LogP contribution < -0.4 is 5.32 Å². The predicted molar refractivity (Wildman–Crippen MR) is 121 cm³/mol. The van der Waals surface area contributed by atoms with Crippen molar-refractivity contribution in [1.82, 2.24) is 20.0 Å². The summed E-state index contributed by atoms with van der Waals surface area (Å²) < 4.78 is 0. The Morgan fingerprint density at radius 2 is 1.75 bits per heavy atom. The molecule has 0 unspecified atom stereocenters. The molecule has 172 valence electrons. The van der Waals surface area contributed by atoms with Gasteiger partial charge in [0.05, 0.1) is 6.04 Å². The van der Waals surface area contributed by atoms with Crippen LogP contribution in [0.25, 0.3) is 0 Å². The first-order valence-electron chi connectivity index (χ1n) is 12.3. The van der Waals surface area contributed by atoms with Crippen molar-refractivity contribution in [3.05, 3.63) is 35.9 Å². The monoisotopic (exact) mass is 438 g/mol. The van der Waals surface area contributed by atoms with Crippen molar-refractivity contribution in [2.45, 2.75) is 62.9 Å². The molecule has 3 aliphatic heterocycles. The standard InChI is InChI=1S/C25H34N4O3/c30-22(20-8-4-9-20)28-14-5-10-21(18-28)29-23(31)25(26-24(29)32)12-16-27(17-13-25)15-11-19-6-2-1-3-7-19/h1-3,6-7,20-21H,4-5,8-18H2,(H,26,32)/t21-/m0/s1. The molecule has 7 heteroatoms. The van der Waals surface area contributed by atoms with E-state index in [0.717, 1.165) is 64.7 Å². The lowest BCUT2D eigenvalue weighted by molar-refractivity contribution is -0.143. The molecule has 4 fully saturated rings. The molecule has 32 heavy (non-hydrogen) atoms. The van der Waals surface area contributed by atoms with Crippen molar-refractivity contribution in [1.29, 1.82) is 0 Å². The molecule has 7 nitrogen and oxygen atoms in total. The normalized spacial score (nSPS) is 26.3. The summed E-state index contributed by atoms with van der Waals surface area (Å²) >= 11 is 0. The fraction of sp³-hybridized carbons (Fsp3) is 0.640. The smallest absolute Gasteiger partial charge is 0.325 e. The van der Waals surface area contributed by atoms with E-state index in [1.54, 1.807) is 0 Å². The maximum atomic E-state index is 13.5. The Morgan fingerprint density at radius 3 is 2.44 bits per heavy atom. The first-order valence-corrected chi connectivity index (χ1v) is 12.3. The fourth-order valence-corrected chi connectivity index (χ4v) is 5.68. The first-order chi connectivity index (χ1) is 15.6. The quantitative estimate of drug-likeness (QED) is 0.717. The molecule has 3 saturated heterocycles. The Morgan fingerprint density at radius 1 is 1.00 bits per heavy atom. The maximum Gasteiger partial charge on any atom is 0.325 e. The number of nitrogens with one attached hydrogen (secondary N) is 1. The van der Waals surface area contributed by atoms with E-state index in [4.69, 9.17) is 0 Å².